The fourth-order valence-corrected chi connectivity index (χ4v) is 11.9. The summed E-state index contributed by atoms with van der Waals surface area (Å²) in [6, 6.07) is 35.4. The maximum absolute atomic E-state index is 16.2. The van der Waals surface area contributed by atoms with Crippen LogP contribution in [0.25, 0.3) is 0 Å². The number of benzene rings is 5. The molecule has 5 aromatic rings. The molecule has 1 aliphatic carbocycles. The quantitative estimate of drug-likeness (QED) is 0.0811. The van der Waals surface area contributed by atoms with Gasteiger partial charge in [0.15, 0.2) is 11.5 Å². The van der Waals surface area contributed by atoms with Crippen LogP contribution in [0.3, 0.4) is 0 Å². The van der Waals surface area contributed by atoms with Gasteiger partial charge < -0.3 is 39.4 Å². The van der Waals surface area contributed by atoms with Gasteiger partial charge >= 0.3 is 5.97 Å². The molecule has 0 aromatic heterocycles. The van der Waals surface area contributed by atoms with Gasteiger partial charge in [0.1, 0.15) is 35.5 Å². The van der Waals surface area contributed by atoms with Crippen LogP contribution in [0.15, 0.2) is 121 Å². The molecule has 11 rings (SSSR count). The van der Waals surface area contributed by atoms with E-state index in [2.05, 4.69) is 27.0 Å². The maximum atomic E-state index is 16.2. The summed E-state index contributed by atoms with van der Waals surface area (Å²) in [6.07, 6.45) is 4.17. The monoisotopic (exact) mass is 928 g/mol. The Morgan fingerprint density at radius 3 is 2.25 bits per heavy atom. The molecule has 6 unspecified atom stereocenters. The number of para-hydroxylation sites is 1. The number of morpholine rings is 1. The number of esters is 1. The molecule has 6 atom stereocenters. The Hall–Kier alpha value is -6.69. The lowest BCUT2D eigenvalue weighted by Gasteiger charge is -2.46. The highest BCUT2D eigenvalue weighted by Gasteiger charge is 2.74. The van der Waals surface area contributed by atoms with Gasteiger partial charge in [-0.25, -0.2) is 0 Å². The number of carbonyl (C=O) groups excluding carboxylic acids is 3. The number of hydrogen-bond donors (Lipinski definition) is 3. The molecule has 5 heterocycles. The molecule has 5 aliphatic heterocycles. The van der Waals surface area contributed by atoms with Gasteiger partial charge in [0.25, 0.3) is 0 Å². The Morgan fingerprint density at radius 2 is 1.49 bits per heavy atom. The zero-order valence-electron chi connectivity index (χ0n) is 38.4. The smallest absolute Gasteiger partial charge is 0.324 e. The molecule has 3 saturated heterocycles. The number of hydrogen-bond acceptors (Lipinski definition) is 11. The van der Waals surface area contributed by atoms with E-state index in [0.717, 1.165) is 42.4 Å². The molecule has 5 aromatic carbocycles. The predicted octanol–water partition coefficient (Wildman–Crippen LogP) is 6.84. The van der Waals surface area contributed by atoms with Crippen LogP contribution in [0.4, 0.5) is 5.69 Å². The van der Waals surface area contributed by atoms with Crippen molar-refractivity contribution in [2.75, 3.05) is 51.5 Å². The van der Waals surface area contributed by atoms with Crippen LogP contribution >= 0.6 is 0 Å². The number of fused-ring (bicyclic) bond motifs is 4. The molecular weight excluding hydrogens is 873 g/mol. The zero-order valence-corrected chi connectivity index (χ0v) is 38.4. The van der Waals surface area contributed by atoms with Crippen molar-refractivity contribution in [3.63, 3.8) is 0 Å². The second-order valence-electron chi connectivity index (χ2n) is 19.1. The van der Waals surface area contributed by atoms with E-state index in [-0.39, 0.29) is 25.9 Å². The van der Waals surface area contributed by atoms with Crippen molar-refractivity contribution in [2.24, 2.45) is 5.92 Å². The average Bonchev–Trinajstić information content (AvgIpc) is 4.01. The fourth-order valence-electron chi connectivity index (χ4n) is 11.9. The van der Waals surface area contributed by atoms with Gasteiger partial charge in [-0.2, -0.15) is 0 Å². The number of cyclic esters (lactones) is 1. The predicted molar refractivity (Wildman–Crippen MR) is 256 cm³/mol. The molecule has 3 N–H and O–H groups in total. The molecule has 2 amide bonds. The van der Waals surface area contributed by atoms with Crippen LogP contribution < -0.4 is 19.5 Å². The van der Waals surface area contributed by atoms with Crippen molar-refractivity contribution in [3.8, 4) is 29.1 Å². The van der Waals surface area contributed by atoms with Crippen LogP contribution in [-0.4, -0.2) is 101 Å². The molecule has 1 saturated carbocycles. The first-order valence-corrected chi connectivity index (χ1v) is 24.3. The second kappa shape index (κ2) is 18.7. The summed E-state index contributed by atoms with van der Waals surface area (Å²) >= 11 is 0. The van der Waals surface area contributed by atoms with Crippen molar-refractivity contribution < 1.29 is 43.5 Å². The third-order valence-corrected chi connectivity index (χ3v) is 15.0. The van der Waals surface area contributed by atoms with Crippen LogP contribution in [0.5, 0.6) is 17.2 Å². The number of anilines is 1. The van der Waals surface area contributed by atoms with Crippen LogP contribution in [-0.2, 0) is 31.1 Å². The molecular formula is C56H56N4O9. The maximum Gasteiger partial charge on any atom is 0.324 e. The lowest BCUT2D eigenvalue weighted by molar-refractivity contribution is -0.179. The van der Waals surface area contributed by atoms with Gasteiger partial charge in [0.05, 0.1) is 24.6 Å². The van der Waals surface area contributed by atoms with E-state index in [1.54, 1.807) is 6.07 Å². The first kappa shape index (κ1) is 44.8. The summed E-state index contributed by atoms with van der Waals surface area (Å²) in [7, 11) is 0. The van der Waals surface area contributed by atoms with E-state index in [9.17, 15) is 10.2 Å². The summed E-state index contributed by atoms with van der Waals surface area (Å²) in [6.45, 7) is 2.35. The highest BCUT2D eigenvalue weighted by molar-refractivity contribution is 6.12. The summed E-state index contributed by atoms with van der Waals surface area (Å²) < 4.78 is 24.2. The van der Waals surface area contributed by atoms with E-state index >= 15 is 14.4 Å². The number of carbonyl (C=O) groups is 3. The standard InChI is InChI=1S/C56H56N4O9/c61-31-32-66-44-18-10-9-17-41(44)51-56(42-33-37(19-21-43(42)57-54(56)64)23-26-55(65)24-11-1-2-12-25-55)47(52(62)59-29-27-58(28-30-59)35-38-20-22-45-46(34-38)68-36-67-45)49-53(63)69-50(40-15-7-4-8-16-40)48(60(49)51)39-13-5-3-6-14-39/h3-10,13-22,33-34,47-51,61,65H,1-2,11-12,24-25,27-32,35-36H2,(H,57,64). The minimum absolute atomic E-state index is 0.0265. The molecule has 1 spiro atoms. The Kier molecular flexibility index (Phi) is 12.1. The summed E-state index contributed by atoms with van der Waals surface area (Å²) in [5.74, 6) is 5.68. The topological polar surface area (TPSA) is 150 Å². The Morgan fingerprint density at radius 1 is 0.783 bits per heavy atom. The largest absolute Gasteiger partial charge is 0.491 e. The van der Waals surface area contributed by atoms with E-state index in [1.165, 1.54) is 0 Å². The van der Waals surface area contributed by atoms with Crippen molar-refractivity contribution >= 4 is 23.5 Å². The SMILES string of the molecule is O=C1OC(c2ccccc2)C(c2ccccc2)N2C1C(C(=O)N1CCN(Cc3ccc4c(c3)OCO4)CC1)C1(C(=O)Nc3ccc(C#CC4(O)CCCCCC4)cc31)C2c1ccccc1OCCO. The van der Waals surface area contributed by atoms with E-state index in [4.69, 9.17) is 18.9 Å². The minimum atomic E-state index is -1.76. The average molecular weight is 929 g/mol. The van der Waals surface area contributed by atoms with Crippen molar-refractivity contribution in [1.29, 1.82) is 0 Å². The third-order valence-electron chi connectivity index (χ3n) is 15.0. The van der Waals surface area contributed by atoms with Gasteiger partial charge in [-0.15, -0.1) is 0 Å². The van der Waals surface area contributed by atoms with Gasteiger partial charge in [-0.1, -0.05) is 110 Å². The second-order valence-corrected chi connectivity index (χ2v) is 19.1. The van der Waals surface area contributed by atoms with Crippen LogP contribution in [0.1, 0.15) is 90.1 Å². The Balaban J connectivity index is 1.09. The lowest BCUT2D eigenvalue weighted by Crippen LogP contribution is -2.58. The fraction of sp³-hybridized carbons (Fsp3) is 0.375. The van der Waals surface area contributed by atoms with Gasteiger partial charge in [0, 0.05) is 49.5 Å². The molecule has 354 valence electrons. The molecule has 4 fully saturated rings. The lowest BCUT2D eigenvalue weighted by atomic mass is 9.64. The number of ether oxygens (including phenoxy) is 4. The first-order valence-electron chi connectivity index (χ1n) is 24.3. The number of nitrogens with one attached hydrogen (secondary N) is 1. The number of nitrogens with zero attached hydrogens (tertiary/aromatic N) is 3. The molecule has 13 nitrogen and oxygen atoms in total. The highest BCUT2D eigenvalue weighted by Crippen LogP contribution is 2.66. The summed E-state index contributed by atoms with van der Waals surface area (Å²) in [5, 5.41) is 25.0. The molecule has 69 heavy (non-hydrogen) atoms. The summed E-state index contributed by atoms with van der Waals surface area (Å²) in [5.41, 5.74) is 1.93. The van der Waals surface area contributed by atoms with E-state index < -0.39 is 53.0 Å². The van der Waals surface area contributed by atoms with Crippen LogP contribution in [0.2, 0.25) is 0 Å². The Labute approximate surface area is 401 Å². The number of aliphatic hydroxyl groups is 2. The highest BCUT2D eigenvalue weighted by atomic mass is 16.7. The van der Waals surface area contributed by atoms with Gasteiger partial charge in [-0.3, -0.25) is 24.2 Å². The first-order chi connectivity index (χ1) is 33.8. The van der Waals surface area contributed by atoms with Crippen LogP contribution in [0, 0.1) is 17.8 Å². The molecule has 0 bridgehead atoms. The normalized spacial score (nSPS) is 26.0. The van der Waals surface area contributed by atoms with Crippen molar-refractivity contribution in [1.82, 2.24) is 14.7 Å². The zero-order chi connectivity index (χ0) is 47.1. The van der Waals surface area contributed by atoms with E-state index in [0.29, 0.717) is 85.2 Å². The van der Waals surface area contributed by atoms with Crippen molar-refractivity contribution in [3.05, 3.63) is 155 Å². The molecule has 13 heteroatoms. The van der Waals surface area contributed by atoms with E-state index in [1.807, 2.05) is 120 Å². The number of piperazine rings is 1. The number of amides is 2. The number of aliphatic hydroxyl groups excluding tert-OH is 1. The molecule has 6 aliphatic rings. The Bertz CT molecular complexity index is 2800. The van der Waals surface area contributed by atoms with Crippen molar-refractivity contribution in [2.45, 2.75) is 80.3 Å². The number of rotatable bonds is 9. The minimum Gasteiger partial charge on any atom is -0.491 e. The third kappa shape index (κ3) is 8.09. The van der Waals surface area contributed by atoms with Gasteiger partial charge in [-0.05, 0) is 84.3 Å². The summed E-state index contributed by atoms with van der Waals surface area (Å²) in [4.78, 5) is 53.7. The van der Waals surface area contributed by atoms with Gasteiger partial charge in [0.2, 0.25) is 18.6 Å². The molecule has 0 radical (unpaired) electrons.